The van der Waals surface area contributed by atoms with Gasteiger partial charge in [0.15, 0.2) is 0 Å². The molecule has 0 rings (SSSR count). The van der Waals surface area contributed by atoms with E-state index in [-0.39, 0.29) is 18.9 Å². The van der Waals surface area contributed by atoms with Gasteiger partial charge in [0.05, 0.1) is 31.2 Å². The first-order chi connectivity index (χ1) is 18.7. The van der Waals surface area contributed by atoms with Crippen molar-refractivity contribution >= 4 is 17.8 Å². The van der Waals surface area contributed by atoms with Crippen LogP contribution >= 0.6 is 0 Å². The van der Waals surface area contributed by atoms with Crippen LogP contribution in [0.15, 0.2) is 60.3 Å². The van der Waals surface area contributed by atoms with E-state index in [0.717, 1.165) is 12.8 Å². The number of nitrogens with one attached hydrogen (secondary N) is 2. The van der Waals surface area contributed by atoms with Gasteiger partial charge in [0.1, 0.15) is 0 Å². The summed E-state index contributed by atoms with van der Waals surface area (Å²) < 4.78 is 4.77. The summed E-state index contributed by atoms with van der Waals surface area (Å²) in [5.74, 6) is -1.80. The predicted molar refractivity (Wildman–Crippen MR) is 157 cm³/mol. The lowest BCUT2D eigenvalue weighted by molar-refractivity contribution is -0.137. The SMILES string of the molecule is CCCCCCC/C=C/C=C(\C)[C@H](O)CC(=O)NC[C@H](O)[C@H](C)C(=O)NCC/C=C/C=C/C=C/C(=O)OCC. The molecule has 0 aliphatic heterocycles. The standard InChI is InChI=1S/C31H50N2O6/c1-5-7-8-9-10-11-14-17-20-25(3)27(34)23-29(36)33-24-28(35)26(4)31(38)32-22-19-16-13-12-15-18-21-30(37)39-6-2/h12-18,20-21,26-28,34-35H,5-11,19,22-24H2,1-4H3,(H,32,38)(H,33,36)/b15-12+,16-13+,17-14+,21-18+,25-20+/t26-,27+,28-/m0/s1. The highest BCUT2D eigenvalue weighted by molar-refractivity contribution is 5.82. The molecule has 0 saturated heterocycles. The van der Waals surface area contributed by atoms with Crippen LogP contribution in [0.1, 0.15) is 79.1 Å². The Balaban J connectivity index is 4.20. The fourth-order valence-corrected chi connectivity index (χ4v) is 3.34. The van der Waals surface area contributed by atoms with Gasteiger partial charge in [-0.05, 0) is 38.7 Å². The largest absolute Gasteiger partial charge is 0.463 e. The second-order valence-electron chi connectivity index (χ2n) is 9.43. The number of allylic oxidation sites excluding steroid dienone is 7. The third-order valence-corrected chi connectivity index (χ3v) is 5.97. The number of esters is 1. The van der Waals surface area contributed by atoms with E-state index < -0.39 is 30.0 Å². The van der Waals surface area contributed by atoms with Gasteiger partial charge in [-0.2, -0.15) is 0 Å². The van der Waals surface area contributed by atoms with Crippen LogP contribution in [0.25, 0.3) is 0 Å². The van der Waals surface area contributed by atoms with Gasteiger partial charge in [0, 0.05) is 19.2 Å². The molecule has 0 aliphatic carbocycles. The topological polar surface area (TPSA) is 125 Å². The Kier molecular flexibility index (Phi) is 22.3. The molecule has 0 aromatic rings. The van der Waals surface area contributed by atoms with E-state index in [0.29, 0.717) is 25.1 Å². The van der Waals surface area contributed by atoms with E-state index >= 15 is 0 Å². The van der Waals surface area contributed by atoms with Gasteiger partial charge in [-0.25, -0.2) is 4.79 Å². The maximum Gasteiger partial charge on any atom is 0.330 e. The quantitative estimate of drug-likeness (QED) is 0.0730. The van der Waals surface area contributed by atoms with Crippen molar-refractivity contribution in [3.8, 4) is 0 Å². The van der Waals surface area contributed by atoms with Crippen LogP contribution in [0.4, 0.5) is 0 Å². The van der Waals surface area contributed by atoms with Crippen molar-refractivity contribution in [1.29, 1.82) is 0 Å². The zero-order chi connectivity index (χ0) is 29.3. The number of amides is 2. The molecule has 0 heterocycles. The number of carbonyl (C=O) groups excluding carboxylic acids is 3. The third kappa shape index (κ3) is 20.6. The molecular formula is C31H50N2O6. The van der Waals surface area contributed by atoms with Crippen molar-refractivity contribution in [1.82, 2.24) is 10.6 Å². The van der Waals surface area contributed by atoms with Crippen molar-refractivity contribution in [2.45, 2.75) is 91.3 Å². The Morgan fingerprint density at radius 2 is 1.56 bits per heavy atom. The van der Waals surface area contributed by atoms with Gasteiger partial charge in [-0.3, -0.25) is 9.59 Å². The van der Waals surface area contributed by atoms with Crippen LogP contribution in [0, 0.1) is 5.92 Å². The van der Waals surface area contributed by atoms with E-state index in [1.54, 1.807) is 45.1 Å². The summed E-state index contributed by atoms with van der Waals surface area (Å²) in [4.78, 5) is 35.6. The zero-order valence-corrected chi connectivity index (χ0v) is 24.2. The minimum atomic E-state index is -1.05. The summed E-state index contributed by atoms with van der Waals surface area (Å²) >= 11 is 0. The Labute approximate surface area is 235 Å². The van der Waals surface area contributed by atoms with Crippen molar-refractivity contribution in [3.63, 3.8) is 0 Å². The van der Waals surface area contributed by atoms with Gasteiger partial charge in [0.25, 0.3) is 0 Å². The number of ether oxygens (including phenoxy) is 1. The molecule has 2 amide bonds. The fraction of sp³-hybridized carbons (Fsp3) is 0.581. The minimum Gasteiger partial charge on any atom is -0.463 e. The lowest BCUT2D eigenvalue weighted by Gasteiger charge is -2.19. The van der Waals surface area contributed by atoms with Gasteiger partial charge in [-0.15, -0.1) is 0 Å². The van der Waals surface area contributed by atoms with Crippen LogP contribution < -0.4 is 10.6 Å². The minimum absolute atomic E-state index is 0.0785. The molecule has 220 valence electrons. The highest BCUT2D eigenvalue weighted by atomic mass is 16.5. The molecule has 0 radical (unpaired) electrons. The van der Waals surface area contributed by atoms with Gasteiger partial charge >= 0.3 is 5.97 Å². The molecule has 0 aromatic heterocycles. The van der Waals surface area contributed by atoms with Crippen LogP contribution in [0.3, 0.4) is 0 Å². The molecule has 8 nitrogen and oxygen atoms in total. The second kappa shape index (κ2) is 24.1. The first kappa shape index (κ1) is 36.0. The zero-order valence-electron chi connectivity index (χ0n) is 24.2. The van der Waals surface area contributed by atoms with Gasteiger partial charge in [-0.1, -0.05) is 88.1 Å². The van der Waals surface area contributed by atoms with E-state index in [1.807, 2.05) is 18.2 Å². The summed E-state index contributed by atoms with van der Waals surface area (Å²) in [6.45, 7) is 7.97. The highest BCUT2D eigenvalue weighted by Gasteiger charge is 2.22. The number of aliphatic hydroxyl groups is 2. The highest BCUT2D eigenvalue weighted by Crippen LogP contribution is 2.09. The van der Waals surface area contributed by atoms with E-state index in [9.17, 15) is 24.6 Å². The normalized spacial score (nSPS) is 14.8. The molecule has 39 heavy (non-hydrogen) atoms. The summed E-state index contributed by atoms with van der Waals surface area (Å²) in [6, 6.07) is 0. The monoisotopic (exact) mass is 546 g/mol. The molecule has 0 spiro atoms. The van der Waals surface area contributed by atoms with Crippen LogP contribution in [-0.2, 0) is 19.1 Å². The third-order valence-electron chi connectivity index (χ3n) is 5.97. The smallest absolute Gasteiger partial charge is 0.330 e. The molecule has 0 aliphatic rings. The first-order valence-electron chi connectivity index (χ1n) is 14.1. The molecule has 0 aromatic carbocycles. The Morgan fingerprint density at radius 3 is 2.28 bits per heavy atom. The summed E-state index contributed by atoms with van der Waals surface area (Å²) in [5.41, 5.74) is 0.693. The summed E-state index contributed by atoms with van der Waals surface area (Å²) in [5, 5.41) is 25.9. The maximum absolute atomic E-state index is 12.3. The van der Waals surface area contributed by atoms with Gasteiger partial charge in [0.2, 0.25) is 11.8 Å². The fourth-order valence-electron chi connectivity index (χ4n) is 3.34. The number of rotatable bonds is 21. The van der Waals surface area contributed by atoms with Crippen LogP contribution in [0.2, 0.25) is 0 Å². The molecule has 3 atom stereocenters. The molecule has 0 fully saturated rings. The molecule has 8 heteroatoms. The number of hydrogen-bond acceptors (Lipinski definition) is 6. The number of aliphatic hydroxyl groups excluding tert-OH is 2. The summed E-state index contributed by atoms with van der Waals surface area (Å²) in [7, 11) is 0. The first-order valence-corrected chi connectivity index (χ1v) is 14.1. The predicted octanol–water partition coefficient (Wildman–Crippen LogP) is 4.45. The molecule has 0 bridgehead atoms. The van der Waals surface area contributed by atoms with Crippen molar-refractivity contribution in [2.75, 3.05) is 19.7 Å². The van der Waals surface area contributed by atoms with Crippen molar-refractivity contribution in [3.05, 3.63) is 60.3 Å². The molecular weight excluding hydrogens is 496 g/mol. The van der Waals surface area contributed by atoms with Crippen LogP contribution in [-0.4, -0.2) is 59.9 Å². The summed E-state index contributed by atoms with van der Waals surface area (Å²) in [6.07, 6.45) is 21.5. The lowest BCUT2D eigenvalue weighted by atomic mass is 10.0. The Hall–Kier alpha value is -2.97. The Morgan fingerprint density at radius 1 is 0.872 bits per heavy atom. The maximum atomic E-state index is 12.3. The van der Waals surface area contributed by atoms with Crippen LogP contribution in [0.5, 0.6) is 0 Å². The Bertz CT molecular complexity index is 844. The average Bonchev–Trinajstić information content (AvgIpc) is 2.91. The molecule has 4 N–H and O–H groups in total. The number of carbonyl (C=O) groups is 3. The second-order valence-corrected chi connectivity index (χ2v) is 9.43. The van der Waals surface area contributed by atoms with E-state index in [1.165, 1.54) is 31.8 Å². The molecule has 0 unspecified atom stereocenters. The average molecular weight is 547 g/mol. The van der Waals surface area contributed by atoms with Crippen molar-refractivity contribution < 1.29 is 29.3 Å². The van der Waals surface area contributed by atoms with E-state index in [4.69, 9.17) is 4.74 Å². The number of unbranched alkanes of at least 4 members (excludes halogenated alkanes) is 5. The van der Waals surface area contributed by atoms with Crippen molar-refractivity contribution in [2.24, 2.45) is 5.92 Å². The lowest BCUT2D eigenvalue weighted by Crippen LogP contribution is -2.42. The number of hydrogen-bond donors (Lipinski definition) is 4. The van der Waals surface area contributed by atoms with E-state index in [2.05, 4.69) is 23.6 Å². The molecule has 0 saturated carbocycles. The van der Waals surface area contributed by atoms with Gasteiger partial charge < -0.3 is 25.6 Å².